The Bertz CT molecular complexity index is 1250. The number of hydrogen-bond donors (Lipinski definition) is 2. The number of nitrogens with zero attached hydrogens (tertiary/aromatic N) is 3. The number of aromatic nitrogens is 3. The Morgan fingerprint density at radius 1 is 1.21 bits per heavy atom. The van der Waals surface area contributed by atoms with Crippen LogP contribution >= 0.6 is 0 Å². The van der Waals surface area contributed by atoms with Crippen LogP contribution in [-0.4, -0.2) is 32.5 Å². The number of aliphatic hydroxyl groups is 1. The number of carbonyl (C=O) groups excluding carboxylic acids is 1. The molecule has 178 valence electrons. The van der Waals surface area contributed by atoms with Crippen LogP contribution in [0.1, 0.15) is 73.6 Å². The number of ether oxygens (including phenoxy) is 1. The van der Waals surface area contributed by atoms with Crippen molar-refractivity contribution < 1.29 is 19.4 Å². The molecule has 3 aromatic rings. The van der Waals surface area contributed by atoms with Crippen molar-refractivity contribution >= 4 is 22.5 Å². The Morgan fingerprint density at radius 2 is 1.97 bits per heavy atom. The van der Waals surface area contributed by atoms with Crippen molar-refractivity contribution in [2.24, 2.45) is 5.92 Å². The molecule has 0 unspecified atom stereocenters. The van der Waals surface area contributed by atoms with Crippen molar-refractivity contribution in [3.8, 4) is 5.75 Å². The summed E-state index contributed by atoms with van der Waals surface area (Å²) in [5.74, 6) is 0.586. The van der Waals surface area contributed by atoms with E-state index in [1.807, 2.05) is 23.0 Å². The van der Waals surface area contributed by atoms with E-state index in [9.17, 15) is 15.1 Å². The first-order chi connectivity index (χ1) is 16.4. The number of pyridine rings is 1. The normalized spacial score (nSPS) is 24.8. The van der Waals surface area contributed by atoms with Gasteiger partial charge in [0.25, 0.3) is 5.69 Å². The molecule has 2 heterocycles. The average Bonchev–Trinajstić information content (AvgIpc) is 3.74. The maximum Gasteiger partial charge on any atom is 0.321 e. The second-order valence-electron chi connectivity index (χ2n) is 10.2. The van der Waals surface area contributed by atoms with E-state index in [4.69, 9.17) is 9.84 Å². The van der Waals surface area contributed by atoms with Crippen LogP contribution in [0.25, 0.3) is 10.9 Å². The van der Waals surface area contributed by atoms with Gasteiger partial charge >= 0.3 is 5.91 Å². The molecule has 34 heavy (non-hydrogen) atoms. The zero-order valence-corrected chi connectivity index (χ0v) is 19.4. The number of hydrogen-bond acceptors (Lipinski definition) is 5. The van der Waals surface area contributed by atoms with Gasteiger partial charge in [0.05, 0.1) is 29.0 Å². The number of nitrogens with one attached hydrogen (secondary N) is 1. The summed E-state index contributed by atoms with van der Waals surface area (Å²) in [6, 6.07) is 8.89. The summed E-state index contributed by atoms with van der Waals surface area (Å²) in [5, 5.41) is 31.8. The summed E-state index contributed by atoms with van der Waals surface area (Å²) in [6.45, 7) is 1.67. The minimum atomic E-state index is -0.486. The molecule has 8 nitrogen and oxygen atoms in total. The molecule has 3 fully saturated rings. The number of anilines is 1. The van der Waals surface area contributed by atoms with Crippen LogP contribution in [0.2, 0.25) is 0 Å². The van der Waals surface area contributed by atoms with E-state index in [0.29, 0.717) is 27.8 Å². The van der Waals surface area contributed by atoms with Crippen molar-refractivity contribution in [3.05, 3.63) is 53.1 Å². The highest BCUT2D eigenvalue weighted by Crippen LogP contribution is 2.49. The largest absolute Gasteiger partial charge is 0.618 e. The minimum absolute atomic E-state index is 0.0403. The standard InChI is InChI=1S/C26H30N4O4/c1-16-3-2-4-23(30(16)33)25(31)27-22-13-17-15-29(28-21(17)14-24(22)34-20-7-8-20)19-9-11-26(32,12-10-19)18-5-6-18/h2-4,13-15,18-20,32H,5-12H2,1H3,(H,27,31). The molecule has 0 spiro atoms. The molecule has 0 saturated heterocycles. The van der Waals surface area contributed by atoms with Gasteiger partial charge in [-0.15, -0.1) is 0 Å². The van der Waals surface area contributed by atoms with Crippen molar-refractivity contribution in [1.82, 2.24) is 9.78 Å². The van der Waals surface area contributed by atoms with Crippen LogP contribution < -0.4 is 14.8 Å². The third-order valence-electron chi connectivity index (χ3n) is 7.59. The van der Waals surface area contributed by atoms with E-state index in [2.05, 4.69) is 5.32 Å². The van der Waals surface area contributed by atoms with Crippen LogP contribution in [0.3, 0.4) is 0 Å². The maximum absolute atomic E-state index is 12.9. The lowest BCUT2D eigenvalue weighted by Gasteiger charge is -2.36. The molecule has 0 atom stereocenters. The fourth-order valence-electron chi connectivity index (χ4n) is 5.17. The highest BCUT2D eigenvalue weighted by atomic mass is 16.5. The van der Waals surface area contributed by atoms with E-state index >= 15 is 0 Å². The van der Waals surface area contributed by atoms with Crippen molar-refractivity contribution in [2.45, 2.75) is 76.0 Å². The van der Waals surface area contributed by atoms with Gasteiger partial charge < -0.3 is 20.4 Å². The lowest BCUT2D eigenvalue weighted by atomic mass is 9.79. The fourth-order valence-corrected chi connectivity index (χ4v) is 5.17. The molecule has 3 saturated carbocycles. The Labute approximate surface area is 198 Å². The van der Waals surface area contributed by atoms with Gasteiger partial charge in [-0.3, -0.25) is 9.48 Å². The van der Waals surface area contributed by atoms with E-state index < -0.39 is 11.5 Å². The van der Waals surface area contributed by atoms with E-state index in [0.717, 1.165) is 62.3 Å². The zero-order valence-electron chi connectivity index (χ0n) is 19.4. The van der Waals surface area contributed by atoms with Crippen molar-refractivity contribution in [2.75, 3.05) is 5.32 Å². The summed E-state index contributed by atoms with van der Waals surface area (Å²) in [7, 11) is 0. The molecule has 1 aromatic carbocycles. The van der Waals surface area contributed by atoms with Crippen molar-refractivity contribution in [3.63, 3.8) is 0 Å². The molecular weight excluding hydrogens is 432 g/mol. The quantitative estimate of drug-likeness (QED) is 0.425. The van der Waals surface area contributed by atoms with Crippen LogP contribution in [0, 0.1) is 18.0 Å². The lowest BCUT2D eigenvalue weighted by Crippen LogP contribution is -2.39. The van der Waals surface area contributed by atoms with Gasteiger partial charge in [-0.25, -0.2) is 0 Å². The smallest absolute Gasteiger partial charge is 0.321 e. The van der Waals surface area contributed by atoms with Crippen LogP contribution in [-0.2, 0) is 0 Å². The first-order valence-electron chi connectivity index (χ1n) is 12.3. The third-order valence-corrected chi connectivity index (χ3v) is 7.59. The van der Waals surface area contributed by atoms with Gasteiger partial charge in [-0.2, -0.15) is 9.83 Å². The first kappa shape index (κ1) is 21.4. The molecule has 0 radical (unpaired) electrons. The molecule has 0 aliphatic heterocycles. The summed E-state index contributed by atoms with van der Waals surface area (Å²) < 4.78 is 8.74. The number of benzene rings is 1. The first-order valence-corrected chi connectivity index (χ1v) is 12.3. The number of aryl methyl sites for hydroxylation is 1. The molecule has 6 rings (SSSR count). The minimum Gasteiger partial charge on any atom is -0.618 e. The average molecular weight is 463 g/mol. The second kappa shape index (κ2) is 7.98. The highest BCUT2D eigenvalue weighted by Gasteiger charge is 2.45. The number of amides is 1. The Morgan fingerprint density at radius 3 is 2.68 bits per heavy atom. The Balaban J connectivity index is 1.27. The molecule has 2 N–H and O–H groups in total. The predicted molar refractivity (Wildman–Crippen MR) is 127 cm³/mol. The van der Waals surface area contributed by atoms with E-state index in [-0.39, 0.29) is 17.8 Å². The van der Waals surface area contributed by atoms with Gasteiger partial charge in [0, 0.05) is 36.7 Å². The number of rotatable bonds is 6. The lowest BCUT2D eigenvalue weighted by molar-refractivity contribution is -0.614. The molecule has 8 heteroatoms. The van der Waals surface area contributed by atoms with E-state index in [1.54, 1.807) is 19.1 Å². The van der Waals surface area contributed by atoms with Gasteiger partial charge in [0.1, 0.15) is 5.75 Å². The van der Waals surface area contributed by atoms with E-state index in [1.165, 1.54) is 6.07 Å². The number of carbonyl (C=O) groups is 1. The SMILES string of the molecule is Cc1cccc(C(=O)Nc2cc3cn(C4CCC(O)(C5CC5)CC4)nc3cc2OC2CC2)[n+]1[O-]. The maximum atomic E-state index is 12.9. The van der Waals surface area contributed by atoms with Crippen molar-refractivity contribution in [1.29, 1.82) is 0 Å². The highest BCUT2D eigenvalue weighted by molar-refractivity contribution is 6.04. The number of fused-ring (bicyclic) bond motifs is 1. The molecule has 1 amide bonds. The third kappa shape index (κ3) is 4.00. The molecule has 3 aliphatic rings. The summed E-state index contributed by atoms with van der Waals surface area (Å²) in [4.78, 5) is 12.9. The van der Waals surface area contributed by atoms with Gasteiger partial charge in [-0.05, 0) is 69.4 Å². The van der Waals surface area contributed by atoms with Gasteiger partial charge in [0.15, 0.2) is 5.69 Å². The molecule has 3 aliphatic carbocycles. The second-order valence-corrected chi connectivity index (χ2v) is 10.2. The zero-order chi connectivity index (χ0) is 23.4. The molecule has 0 bridgehead atoms. The monoisotopic (exact) mass is 462 g/mol. The van der Waals surface area contributed by atoms with Crippen LogP contribution in [0.15, 0.2) is 36.5 Å². The van der Waals surface area contributed by atoms with Gasteiger partial charge in [0.2, 0.25) is 0 Å². The topological polar surface area (TPSA) is 103 Å². The Kier molecular flexibility index (Phi) is 5.02. The summed E-state index contributed by atoms with van der Waals surface area (Å²) >= 11 is 0. The predicted octanol–water partition coefficient (Wildman–Crippen LogP) is 4.03. The van der Waals surface area contributed by atoms with Crippen LogP contribution in [0.5, 0.6) is 5.75 Å². The fraction of sp³-hybridized carbons (Fsp3) is 0.500. The Hall–Kier alpha value is -3.13. The van der Waals surface area contributed by atoms with Crippen LogP contribution in [0.4, 0.5) is 5.69 Å². The van der Waals surface area contributed by atoms with Gasteiger partial charge in [-0.1, -0.05) is 0 Å². The molecule has 2 aromatic heterocycles. The molecular formula is C26H30N4O4. The summed E-state index contributed by atoms with van der Waals surface area (Å²) in [6.07, 6.45) is 9.91. The summed E-state index contributed by atoms with van der Waals surface area (Å²) in [5.41, 5.74) is 1.36.